The van der Waals surface area contributed by atoms with E-state index in [4.69, 9.17) is 10.5 Å². The molecule has 0 saturated heterocycles. The second-order valence-electron chi connectivity index (χ2n) is 9.03. The van der Waals surface area contributed by atoms with Crippen molar-refractivity contribution in [2.45, 2.75) is 62.2 Å². The van der Waals surface area contributed by atoms with Crippen molar-refractivity contribution in [3.63, 3.8) is 0 Å². The number of hydrogen-bond acceptors (Lipinski definition) is 8. The molecule has 11 heteroatoms. The van der Waals surface area contributed by atoms with Crippen LogP contribution in [0.2, 0.25) is 0 Å². The van der Waals surface area contributed by atoms with Gasteiger partial charge in [-0.15, -0.1) is 10.2 Å². The average Bonchev–Trinajstić information content (AvgIpc) is 3.60. The summed E-state index contributed by atoms with van der Waals surface area (Å²) in [4.78, 5) is 40.0. The van der Waals surface area contributed by atoms with Crippen molar-refractivity contribution < 1.29 is 9.53 Å². The van der Waals surface area contributed by atoms with Crippen molar-refractivity contribution in [3.8, 4) is 17.1 Å². The molecular weight excluding hydrogens is 468 g/mol. The van der Waals surface area contributed by atoms with Gasteiger partial charge in [0.2, 0.25) is 0 Å². The number of nitrogens with one attached hydrogen (secondary N) is 1. The molecule has 2 saturated carbocycles. The Bertz CT molecular complexity index is 1350. The van der Waals surface area contributed by atoms with Crippen LogP contribution in [0.5, 0.6) is 5.75 Å². The fourth-order valence-electron chi connectivity index (χ4n) is 4.71. The minimum Gasteiger partial charge on any atom is -0.497 e. The maximum Gasteiger partial charge on any atom is 0.330 e. The summed E-state index contributed by atoms with van der Waals surface area (Å²) in [7, 11) is 1.62. The molecule has 10 nitrogen and oxygen atoms in total. The van der Waals surface area contributed by atoms with Crippen LogP contribution in [0.3, 0.4) is 0 Å². The highest BCUT2D eigenvalue weighted by Crippen LogP contribution is 2.37. The number of methoxy groups -OCH3 is 1. The van der Waals surface area contributed by atoms with Gasteiger partial charge in [-0.1, -0.05) is 31.0 Å². The number of carbonyl (C=O) groups excluding carboxylic acids is 1. The minimum atomic E-state index is -0.748. The highest BCUT2D eigenvalue weighted by atomic mass is 32.2. The molecule has 5 rings (SSSR count). The van der Waals surface area contributed by atoms with Crippen molar-refractivity contribution in [2.75, 3.05) is 18.6 Å². The fraction of sp³-hybridized carbons (Fsp3) is 0.458. The average molecular weight is 497 g/mol. The number of H-pyrrole nitrogens is 1. The maximum absolute atomic E-state index is 13.1. The third kappa shape index (κ3) is 4.64. The summed E-state index contributed by atoms with van der Waals surface area (Å²) in [5.74, 6) is 0.970. The van der Waals surface area contributed by atoms with E-state index >= 15 is 0 Å². The van der Waals surface area contributed by atoms with Crippen LogP contribution in [0.4, 0.5) is 5.82 Å². The monoisotopic (exact) mass is 496 g/mol. The second-order valence-corrected chi connectivity index (χ2v) is 9.97. The number of benzene rings is 1. The smallest absolute Gasteiger partial charge is 0.330 e. The van der Waals surface area contributed by atoms with Gasteiger partial charge in [-0.05, 0) is 49.9 Å². The lowest BCUT2D eigenvalue weighted by Gasteiger charge is -2.25. The first-order valence-corrected chi connectivity index (χ1v) is 12.9. The molecule has 1 aromatic carbocycles. The molecule has 0 atom stereocenters. The van der Waals surface area contributed by atoms with Crippen LogP contribution in [0.1, 0.15) is 67.4 Å². The molecule has 0 bridgehead atoms. The molecule has 35 heavy (non-hydrogen) atoms. The number of anilines is 1. The first kappa shape index (κ1) is 23.4. The Hall–Kier alpha value is -3.34. The molecule has 2 heterocycles. The zero-order valence-electron chi connectivity index (χ0n) is 19.5. The third-order valence-corrected chi connectivity index (χ3v) is 7.60. The van der Waals surface area contributed by atoms with Gasteiger partial charge < -0.3 is 10.5 Å². The highest BCUT2D eigenvalue weighted by Gasteiger charge is 2.30. The highest BCUT2D eigenvalue weighted by molar-refractivity contribution is 7.99. The summed E-state index contributed by atoms with van der Waals surface area (Å²) >= 11 is 1.24. The first-order valence-electron chi connectivity index (χ1n) is 11.9. The van der Waals surface area contributed by atoms with Gasteiger partial charge in [0.1, 0.15) is 17.1 Å². The summed E-state index contributed by atoms with van der Waals surface area (Å²) < 4.78 is 8.72. The van der Waals surface area contributed by atoms with Crippen molar-refractivity contribution in [2.24, 2.45) is 0 Å². The Morgan fingerprint density at radius 1 is 1.06 bits per heavy atom. The lowest BCUT2D eigenvalue weighted by Crippen LogP contribution is -2.36. The van der Waals surface area contributed by atoms with Gasteiger partial charge in [0.15, 0.2) is 16.8 Å². The molecule has 0 aliphatic heterocycles. The number of aromatic nitrogens is 5. The summed E-state index contributed by atoms with van der Waals surface area (Å²) in [5.41, 5.74) is 5.55. The molecular formula is C24H28N6O4S. The molecule has 0 unspecified atom stereocenters. The predicted octanol–water partition coefficient (Wildman–Crippen LogP) is 3.20. The lowest BCUT2D eigenvalue weighted by atomic mass is 9.95. The van der Waals surface area contributed by atoms with Crippen LogP contribution >= 0.6 is 11.8 Å². The molecule has 184 valence electrons. The van der Waals surface area contributed by atoms with Crippen LogP contribution < -0.4 is 21.7 Å². The van der Waals surface area contributed by atoms with Crippen LogP contribution in [-0.2, 0) is 0 Å². The Morgan fingerprint density at radius 3 is 2.40 bits per heavy atom. The normalized spacial score (nSPS) is 16.4. The fourth-order valence-corrected chi connectivity index (χ4v) is 5.59. The van der Waals surface area contributed by atoms with Gasteiger partial charge in [-0.3, -0.25) is 23.7 Å². The van der Waals surface area contributed by atoms with Crippen LogP contribution in [0.25, 0.3) is 11.4 Å². The minimum absolute atomic E-state index is 0.0381. The van der Waals surface area contributed by atoms with E-state index in [2.05, 4.69) is 19.7 Å². The molecule has 2 fully saturated rings. The van der Waals surface area contributed by atoms with Gasteiger partial charge in [0.05, 0.1) is 12.9 Å². The summed E-state index contributed by atoms with van der Waals surface area (Å²) in [5, 5.41) is 9.50. The van der Waals surface area contributed by atoms with E-state index in [0.29, 0.717) is 5.16 Å². The van der Waals surface area contributed by atoms with E-state index in [9.17, 15) is 14.4 Å². The standard InChI is InChI=1S/C24H28N6O4S/c1-34-17-11-7-14(8-12-17)21-27-28-24(30(21)15-5-3-2-4-6-15)35-13-18(31)19-20(25)29(16-9-10-16)23(33)26-22(19)32/h7-8,11-12,15-16H,2-6,9-10,13,25H2,1H3,(H,26,32,33). The lowest BCUT2D eigenvalue weighted by molar-refractivity contribution is 0.102. The van der Waals surface area contributed by atoms with E-state index < -0.39 is 17.0 Å². The van der Waals surface area contributed by atoms with Crippen molar-refractivity contribution >= 4 is 23.4 Å². The Balaban J connectivity index is 1.44. The molecule has 0 spiro atoms. The number of nitrogen functional groups attached to an aromatic ring is 1. The molecule has 0 radical (unpaired) electrons. The van der Waals surface area contributed by atoms with Gasteiger partial charge in [-0.25, -0.2) is 4.79 Å². The molecule has 0 amide bonds. The number of thioether (sulfide) groups is 1. The van der Waals surface area contributed by atoms with E-state index in [0.717, 1.165) is 55.7 Å². The van der Waals surface area contributed by atoms with Gasteiger partial charge in [0, 0.05) is 17.6 Å². The van der Waals surface area contributed by atoms with Crippen molar-refractivity contribution in [3.05, 3.63) is 50.7 Å². The Kier molecular flexibility index (Phi) is 6.50. The topological polar surface area (TPSA) is 138 Å². The summed E-state index contributed by atoms with van der Waals surface area (Å²) in [6.45, 7) is 0. The second kappa shape index (κ2) is 9.73. The number of aromatic amines is 1. The Morgan fingerprint density at radius 2 is 1.74 bits per heavy atom. The van der Waals surface area contributed by atoms with Gasteiger partial charge >= 0.3 is 5.69 Å². The third-order valence-electron chi connectivity index (χ3n) is 6.66. The number of ether oxygens (including phenoxy) is 1. The summed E-state index contributed by atoms with van der Waals surface area (Å²) in [6.07, 6.45) is 7.10. The number of nitrogens with zero attached hydrogens (tertiary/aromatic N) is 4. The van der Waals surface area contributed by atoms with Gasteiger partial charge in [-0.2, -0.15) is 0 Å². The maximum atomic E-state index is 13.1. The van der Waals surface area contributed by atoms with Gasteiger partial charge in [0.25, 0.3) is 5.56 Å². The number of nitrogens with two attached hydrogens (primary N) is 1. The zero-order valence-corrected chi connectivity index (χ0v) is 20.3. The van der Waals surface area contributed by atoms with Crippen LogP contribution in [-0.4, -0.2) is 43.0 Å². The zero-order chi connectivity index (χ0) is 24.5. The quantitative estimate of drug-likeness (QED) is 0.358. The number of ketones is 1. The van der Waals surface area contributed by atoms with Crippen LogP contribution in [0, 0.1) is 0 Å². The number of carbonyl (C=O) groups is 1. The largest absolute Gasteiger partial charge is 0.497 e. The molecule has 2 aliphatic carbocycles. The Labute approximate surface area is 205 Å². The van der Waals surface area contributed by atoms with E-state index in [1.165, 1.54) is 22.7 Å². The van der Waals surface area contributed by atoms with Crippen molar-refractivity contribution in [1.82, 2.24) is 24.3 Å². The van der Waals surface area contributed by atoms with Crippen molar-refractivity contribution in [1.29, 1.82) is 0 Å². The predicted molar refractivity (Wildman–Crippen MR) is 133 cm³/mol. The SMILES string of the molecule is COc1ccc(-c2nnc(SCC(=O)c3c(N)n(C4CC4)c(=O)[nH]c3=O)n2C2CCCCC2)cc1. The van der Waals surface area contributed by atoms with E-state index in [1.807, 2.05) is 24.3 Å². The first-order chi connectivity index (χ1) is 17.0. The number of hydrogen-bond donors (Lipinski definition) is 2. The van der Waals surface area contributed by atoms with Crippen LogP contribution in [0.15, 0.2) is 39.0 Å². The number of rotatable bonds is 8. The molecule has 3 N–H and O–H groups in total. The molecule has 2 aliphatic rings. The molecule has 3 aromatic rings. The van der Waals surface area contributed by atoms with E-state index in [-0.39, 0.29) is 29.2 Å². The molecule has 2 aromatic heterocycles. The number of Topliss-reactive ketones (excluding diaryl/α,β-unsaturated/α-hetero) is 1. The summed E-state index contributed by atoms with van der Waals surface area (Å²) in [6, 6.07) is 7.84. The van der Waals surface area contributed by atoms with E-state index in [1.54, 1.807) is 7.11 Å².